The van der Waals surface area contributed by atoms with Crippen molar-refractivity contribution in [1.29, 1.82) is 0 Å². The zero-order valence-electron chi connectivity index (χ0n) is 7.85. The van der Waals surface area contributed by atoms with E-state index in [2.05, 4.69) is 11.6 Å². The van der Waals surface area contributed by atoms with Crippen LogP contribution in [0.15, 0.2) is 4.66 Å². The Balaban J connectivity index is 0. The first-order chi connectivity index (χ1) is 4.97. The second-order valence-electron chi connectivity index (χ2n) is 3.16. The highest BCUT2D eigenvalue weighted by molar-refractivity contribution is 6.74. The van der Waals surface area contributed by atoms with E-state index < -0.39 is 8.24 Å². The number of hydrogen-bond donors (Lipinski definition) is 1. The molecule has 0 aliphatic carbocycles. The maximum Gasteiger partial charge on any atom is 0.224 e. The lowest BCUT2D eigenvalue weighted by Crippen LogP contribution is -2.14. The van der Waals surface area contributed by atoms with Crippen molar-refractivity contribution in [1.82, 2.24) is 0 Å². The standard InChI is InChI=1S/C4H9NOSi.C3H9N/c1-7(2,3)5-4-6;1-2-3-4/h1-3H3;2-4H2,1H3. The van der Waals surface area contributed by atoms with E-state index in [9.17, 15) is 4.79 Å². The molecular weight excluding hydrogens is 156 g/mol. The summed E-state index contributed by atoms with van der Waals surface area (Å²) in [4.78, 5) is 9.56. The summed E-state index contributed by atoms with van der Waals surface area (Å²) in [6.45, 7) is 8.83. The van der Waals surface area contributed by atoms with Crippen LogP contribution in [0, 0.1) is 0 Å². The molecule has 0 bridgehead atoms. The number of rotatable bonds is 2. The van der Waals surface area contributed by atoms with E-state index in [4.69, 9.17) is 5.73 Å². The summed E-state index contributed by atoms with van der Waals surface area (Å²) in [5.41, 5.74) is 5.03. The molecule has 0 atom stereocenters. The van der Waals surface area contributed by atoms with Gasteiger partial charge in [0, 0.05) is 0 Å². The minimum Gasteiger partial charge on any atom is -0.330 e. The molecule has 66 valence electrons. The maximum atomic E-state index is 9.56. The van der Waals surface area contributed by atoms with Crippen molar-refractivity contribution in [3.05, 3.63) is 0 Å². The van der Waals surface area contributed by atoms with Gasteiger partial charge in [0.1, 0.15) is 0 Å². The van der Waals surface area contributed by atoms with Gasteiger partial charge < -0.3 is 5.73 Å². The molecule has 0 rings (SSSR count). The lowest BCUT2D eigenvalue weighted by atomic mass is 10.5. The Morgan fingerprint density at radius 1 is 1.45 bits per heavy atom. The Hall–Kier alpha value is -0.443. The third-order valence-electron chi connectivity index (χ3n) is 0.670. The van der Waals surface area contributed by atoms with Crippen LogP contribution in [-0.2, 0) is 4.79 Å². The van der Waals surface area contributed by atoms with Crippen molar-refractivity contribution < 1.29 is 4.79 Å². The largest absolute Gasteiger partial charge is 0.330 e. The van der Waals surface area contributed by atoms with Gasteiger partial charge in [0.05, 0.1) is 0 Å². The number of nitrogens with two attached hydrogens (primary N) is 1. The molecule has 0 amide bonds. The van der Waals surface area contributed by atoms with Crippen LogP contribution >= 0.6 is 0 Å². The summed E-state index contributed by atoms with van der Waals surface area (Å²) in [6, 6.07) is 0. The average molecular weight is 174 g/mol. The molecule has 0 saturated heterocycles. The molecule has 0 spiro atoms. The highest BCUT2D eigenvalue weighted by atomic mass is 28.3. The lowest BCUT2D eigenvalue weighted by molar-refractivity contribution is 0.566. The van der Waals surface area contributed by atoms with Crippen LogP contribution in [0.5, 0.6) is 0 Å². The Kier molecular flexibility index (Phi) is 9.17. The SMILES string of the molecule is CCCN.C[Si](C)(C)N=C=O. The van der Waals surface area contributed by atoms with Crippen molar-refractivity contribution in [2.75, 3.05) is 6.54 Å². The monoisotopic (exact) mass is 174 g/mol. The normalized spacial score (nSPS) is 9.18. The van der Waals surface area contributed by atoms with Gasteiger partial charge in [-0.25, -0.2) is 9.45 Å². The van der Waals surface area contributed by atoms with E-state index in [-0.39, 0.29) is 0 Å². The Morgan fingerprint density at radius 2 is 1.82 bits per heavy atom. The van der Waals surface area contributed by atoms with Gasteiger partial charge in [0.2, 0.25) is 6.08 Å². The van der Waals surface area contributed by atoms with Gasteiger partial charge in [-0.05, 0) is 32.6 Å². The zero-order chi connectivity index (χ0) is 9.33. The molecule has 3 nitrogen and oxygen atoms in total. The van der Waals surface area contributed by atoms with Crippen LogP contribution in [0.4, 0.5) is 0 Å². The molecule has 0 unspecified atom stereocenters. The first-order valence-corrected chi connectivity index (χ1v) is 7.21. The van der Waals surface area contributed by atoms with E-state index in [0.717, 1.165) is 13.0 Å². The molecule has 11 heavy (non-hydrogen) atoms. The molecule has 0 radical (unpaired) electrons. The Bertz CT molecular complexity index is 123. The summed E-state index contributed by atoms with van der Waals surface area (Å²) in [5, 5.41) is 0. The van der Waals surface area contributed by atoms with Gasteiger partial charge >= 0.3 is 0 Å². The Morgan fingerprint density at radius 3 is 1.82 bits per heavy atom. The topological polar surface area (TPSA) is 55.4 Å². The van der Waals surface area contributed by atoms with Gasteiger partial charge in [-0.1, -0.05) is 6.92 Å². The van der Waals surface area contributed by atoms with E-state index in [1.807, 2.05) is 19.6 Å². The fraction of sp³-hybridized carbons (Fsp3) is 0.857. The lowest BCUT2D eigenvalue weighted by Gasteiger charge is -2.01. The number of carbonyl (C=O) groups excluding carboxylic acids is 1. The van der Waals surface area contributed by atoms with E-state index in [1.54, 1.807) is 6.08 Å². The van der Waals surface area contributed by atoms with Gasteiger partial charge in [-0.3, -0.25) is 0 Å². The molecular formula is C7H18N2OSi. The van der Waals surface area contributed by atoms with E-state index in [0.29, 0.717) is 0 Å². The molecule has 0 aromatic heterocycles. The fourth-order valence-electron chi connectivity index (χ4n) is 0.137. The van der Waals surface area contributed by atoms with Gasteiger partial charge in [-0.15, -0.1) is 0 Å². The zero-order valence-corrected chi connectivity index (χ0v) is 8.85. The number of nitrogens with zero attached hydrogens (tertiary/aromatic N) is 1. The molecule has 0 aromatic carbocycles. The highest BCUT2D eigenvalue weighted by Gasteiger charge is 2.09. The second-order valence-corrected chi connectivity index (χ2v) is 7.73. The molecule has 2 N–H and O–H groups in total. The van der Waals surface area contributed by atoms with E-state index >= 15 is 0 Å². The number of hydrogen-bond acceptors (Lipinski definition) is 3. The quantitative estimate of drug-likeness (QED) is 0.392. The van der Waals surface area contributed by atoms with Crippen LogP contribution < -0.4 is 5.73 Å². The maximum absolute atomic E-state index is 9.56. The molecule has 4 heteroatoms. The highest BCUT2D eigenvalue weighted by Crippen LogP contribution is 1.98. The average Bonchev–Trinajstić information content (AvgIpc) is 1.86. The third kappa shape index (κ3) is 26.3. The molecule has 0 aliphatic heterocycles. The predicted molar refractivity (Wildman–Crippen MR) is 50.8 cm³/mol. The summed E-state index contributed by atoms with van der Waals surface area (Å²) in [7, 11) is -1.46. The van der Waals surface area contributed by atoms with Crippen LogP contribution in [0.25, 0.3) is 0 Å². The summed E-state index contributed by atoms with van der Waals surface area (Å²) < 4.78 is 3.59. The minimum atomic E-state index is -1.46. The van der Waals surface area contributed by atoms with Crippen molar-refractivity contribution in [3.8, 4) is 0 Å². The third-order valence-corrected chi connectivity index (χ3v) is 1.43. The molecule has 0 saturated carbocycles. The summed E-state index contributed by atoms with van der Waals surface area (Å²) >= 11 is 0. The van der Waals surface area contributed by atoms with Crippen molar-refractivity contribution in [2.45, 2.75) is 33.0 Å². The molecule has 0 aliphatic rings. The van der Waals surface area contributed by atoms with Gasteiger partial charge in [0.25, 0.3) is 0 Å². The van der Waals surface area contributed by atoms with Gasteiger partial charge in [0.15, 0.2) is 8.24 Å². The smallest absolute Gasteiger partial charge is 0.224 e. The Labute approximate surface area is 69.8 Å². The summed E-state index contributed by atoms with van der Waals surface area (Å²) in [5.74, 6) is 0. The fourth-order valence-corrected chi connectivity index (χ4v) is 0.411. The predicted octanol–water partition coefficient (Wildman–Crippen LogP) is 1.51. The van der Waals surface area contributed by atoms with Gasteiger partial charge in [-0.2, -0.15) is 0 Å². The molecule has 0 heterocycles. The van der Waals surface area contributed by atoms with E-state index in [1.165, 1.54) is 0 Å². The molecule has 0 fully saturated rings. The first kappa shape index (κ1) is 13.2. The van der Waals surface area contributed by atoms with Crippen LogP contribution in [0.2, 0.25) is 19.6 Å². The van der Waals surface area contributed by atoms with Crippen LogP contribution in [0.3, 0.4) is 0 Å². The summed E-state index contributed by atoms with van der Waals surface area (Å²) in [6.07, 6.45) is 2.64. The van der Waals surface area contributed by atoms with Crippen molar-refractivity contribution in [2.24, 2.45) is 10.4 Å². The minimum absolute atomic E-state index is 0.819. The van der Waals surface area contributed by atoms with Crippen molar-refractivity contribution >= 4 is 14.3 Å². The number of isocyanates is 1. The molecule has 0 aromatic rings. The second kappa shape index (κ2) is 7.66. The van der Waals surface area contributed by atoms with Crippen molar-refractivity contribution in [3.63, 3.8) is 0 Å². The first-order valence-electron chi connectivity index (χ1n) is 3.77. The van der Waals surface area contributed by atoms with Crippen LogP contribution in [-0.4, -0.2) is 20.9 Å². The van der Waals surface area contributed by atoms with Crippen LogP contribution in [0.1, 0.15) is 13.3 Å².